The predicted molar refractivity (Wildman–Crippen MR) is 61.6 cm³/mol. The summed E-state index contributed by atoms with van der Waals surface area (Å²) in [7, 11) is 0. The molecule has 0 amide bonds. The van der Waals surface area contributed by atoms with E-state index in [1.165, 1.54) is 0 Å². The van der Waals surface area contributed by atoms with Gasteiger partial charge in [-0.25, -0.2) is 10.8 Å². The molecule has 4 N–H and O–H groups in total. The van der Waals surface area contributed by atoms with E-state index in [1.54, 1.807) is 6.20 Å². The fourth-order valence-electron chi connectivity index (χ4n) is 1.47. The van der Waals surface area contributed by atoms with Crippen LogP contribution < -0.4 is 16.2 Å². The molecule has 0 unspecified atom stereocenters. The molecule has 0 bridgehead atoms. The third kappa shape index (κ3) is 3.07. The number of nitrogens with two attached hydrogens (primary N) is 1. The Morgan fingerprint density at radius 2 is 2.33 bits per heavy atom. The number of rotatable bonds is 5. The number of anilines is 2. The first-order valence-corrected chi connectivity index (χ1v) is 4.99. The summed E-state index contributed by atoms with van der Waals surface area (Å²) in [6, 6.07) is 4.08. The minimum absolute atomic E-state index is 0.131. The van der Waals surface area contributed by atoms with Gasteiger partial charge in [0.05, 0.1) is 6.61 Å². The minimum Gasteiger partial charge on any atom is -0.395 e. The van der Waals surface area contributed by atoms with Gasteiger partial charge < -0.3 is 15.4 Å². The van der Waals surface area contributed by atoms with E-state index in [4.69, 9.17) is 10.9 Å². The van der Waals surface area contributed by atoms with Gasteiger partial charge in [0.25, 0.3) is 0 Å². The van der Waals surface area contributed by atoms with Gasteiger partial charge >= 0.3 is 0 Å². The van der Waals surface area contributed by atoms with Crippen molar-refractivity contribution in [1.29, 1.82) is 0 Å². The first-order valence-electron chi connectivity index (χ1n) is 4.99. The summed E-state index contributed by atoms with van der Waals surface area (Å²) in [5, 5.41) is 8.98. The molecule has 0 saturated heterocycles. The van der Waals surface area contributed by atoms with Crippen LogP contribution in [0.3, 0.4) is 0 Å². The van der Waals surface area contributed by atoms with Crippen LogP contribution in [0, 0.1) is 0 Å². The standard InChI is InChI=1S/C10H18N4O/c1-8(2)14(5-6-15)9-3-4-12-10(7-9)13-11/h3-4,7-8,15H,5-6,11H2,1-2H3,(H,12,13). The van der Waals surface area contributed by atoms with Crippen LogP contribution in [-0.2, 0) is 0 Å². The summed E-state index contributed by atoms with van der Waals surface area (Å²) in [6.07, 6.45) is 1.69. The third-order valence-electron chi connectivity index (χ3n) is 2.19. The molecule has 15 heavy (non-hydrogen) atoms. The van der Waals surface area contributed by atoms with E-state index >= 15 is 0 Å². The summed E-state index contributed by atoms with van der Waals surface area (Å²) in [4.78, 5) is 6.12. The molecule has 5 nitrogen and oxygen atoms in total. The number of hydrogen-bond acceptors (Lipinski definition) is 5. The number of nitrogens with zero attached hydrogens (tertiary/aromatic N) is 2. The zero-order valence-corrected chi connectivity index (χ0v) is 9.14. The lowest BCUT2D eigenvalue weighted by molar-refractivity contribution is 0.299. The van der Waals surface area contributed by atoms with Gasteiger partial charge in [0.2, 0.25) is 0 Å². The number of aliphatic hydroxyl groups is 1. The highest BCUT2D eigenvalue weighted by Crippen LogP contribution is 2.18. The molecule has 5 heteroatoms. The molecule has 0 radical (unpaired) electrons. The Bertz CT molecular complexity index is 303. The Balaban J connectivity index is 2.89. The van der Waals surface area contributed by atoms with Crippen molar-refractivity contribution in [2.45, 2.75) is 19.9 Å². The zero-order chi connectivity index (χ0) is 11.3. The Morgan fingerprint density at radius 1 is 1.60 bits per heavy atom. The van der Waals surface area contributed by atoms with Crippen LogP contribution >= 0.6 is 0 Å². The van der Waals surface area contributed by atoms with Crippen LogP contribution in [0.1, 0.15) is 13.8 Å². The number of hydrazine groups is 1. The highest BCUT2D eigenvalue weighted by molar-refractivity contribution is 5.53. The van der Waals surface area contributed by atoms with Gasteiger partial charge in [-0.3, -0.25) is 0 Å². The molecule has 0 atom stereocenters. The fraction of sp³-hybridized carbons (Fsp3) is 0.500. The fourth-order valence-corrected chi connectivity index (χ4v) is 1.47. The molecular formula is C10H18N4O. The Morgan fingerprint density at radius 3 is 2.87 bits per heavy atom. The molecule has 0 aliphatic rings. The van der Waals surface area contributed by atoms with Gasteiger partial charge in [-0.05, 0) is 19.9 Å². The molecule has 0 aliphatic carbocycles. The van der Waals surface area contributed by atoms with E-state index in [-0.39, 0.29) is 6.61 Å². The van der Waals surface area contributed by atoms with Crippen LogP contribution in [0.4, 0.5) is 11.5 Å². The normalized spacial score (nSPS) is 10.5. The Kier molecular flexibility index (Phi) is 4.33. The van der Waals surface area contributed by atoms with Crippen molar-refractivity contribution < 1.29 is 5.11 Å². The zero-order valence-electron chi connectivity index (χ0n) is 9.14. The molecule has 0 aliphatic heterocycles. The first-order chi connectivity index (χ1) is 7.19. The summed E-state index contributed by atoms with van der Waals surface area (Å²) < 4.78 is 0. The predicted octanol–water partition coefficient (Wildman–Crippen LogP) is 0.574. The van der Waals surface area contributed by atoms with Crippen LogP contribution in [0.5, 0.6) is 0 Å². The number of nitrogen functional groups attached to an aromatic ring is 1. The second-order valence-corrected chi connectivity index (χ2v) is 3.55. The van der Waals surface area contributed by atoms with Crippen LogP contribution in [0.15, 0.2) is 18.3 Å². The average molecular weight is 210 g/mol. The highest BCUT2D eigenvalue weighted by Gasteiger charge is 2.10. The van der Waals surface area contributed by atoms with Crippen LogP contribution in [0.2, 0.25) is 0 Å². The maximum atomic E-state index is 8.98. The second-order valence-electron chi connectivity index (χ2n) is 3.55. The quantitative estimate of drug-likeness (QED) is 0.489. The number of aromatic nitrogens is 1. The number of nitrogens with one attached hydrogen (secondary N) is 1. The van der Waals surface area contributed by atoms with E-state index in [2.05, 4.69) is 29.2 Å². The Hall–Kier alpha value is -1.33. The van der Waals surface area contributed by atoms with Crippen molar-refractivity contribution in [3.05, 3.63) is 18.3 Å². The van der Waals surface area contributed by atoms with Gasteiger partial charge in [-0.15, -0.1) is 0 Å². The maximum Gasteiger partial charge on any atom is 0.141 e. The lowest BCUT2D eigenvalue weighted by Crippen LogP contribution is -2.33. The van der Waals surface area contributed by atoms with Crippen molar-refractivity contribution in [3.8, 4) is 0 Å². The lowest BCUT2D eigenvalue weighted by atomic mass is 10.2. The Labute approximate surface area is 89.9 Å². The van der Waals surface area contributed by atoms with E-state index in [0.717, 1.165) is 5.69 Å². The molecule has 84 valence electrons. The topological polar surface area (TPSA) is 74.4 Å². The van der Waals surface area contributed by atoms with Crippen molar-refractivity contribution in [3.63, 3.8) is 0 Å². The van der Waals surface area contributed by atoms with Crippen molar-refractivity contribution in [2.24, 2.45) is 5.84 Å². The highest BCUT2D eigenvalue weighted by atomic mass is 16.3. The molecule has 1 rings (SSSR count). The van der Waals surface area contributed by atoms with Crippen LogP contribution in [0.25, 0.3) is 0 Å². The van der Waals surface area contributed by atoms with Crippen molar-refractivity contribution in [1.82, 2.24) is 4.98 Å². The number of aliphatic hydroxyl groups excluding tert-OH is 1. The SMILES string of the molecule is CC(C)N(CCO)c1ccnc(NN)c1. The second kappa shape index (κ2) is 5.53. The number of pyridine rings is 1. The van der Waals surface area contributed by atoms with E-state index in [1.807, 2.05) is 12.1 Å². The molecule has 0 aromatic carbocycles. The maximum absolute atomic E-state index is 8.98. The van der Waals surface area contributed by atoms with Gasteiger partial charge in [-0.2, -0.15) is 0 Å². The number of hydrogen-bond donors (Lipinski definition) is 3. The lowest BCUT2D eigenvalue weighted by Gasteiger charge is -2.28. The average Bonchev–Trinajstić information content (AvgIpc) is 2.25. The van der Waals surface area contributed by atoms with E-state index < -0.39 is 0 Å². The van der Waals surface area contributed by atoms with Crippen LogP contribution in [-0.4, -0.2) is 29.3 Å². The smallest absolute Gasteiger partial charge is 0.141 e. The van der Waals surface area contributed by atoms with Gasteiger partial charge in [0, 0.05) is 30.5 Å². The van der Waals surface area contributed by atoms with Gasteiger partial charge in [0.1, 0.15) is 5.82 Å². The summed E-state index contributed by atoms with van der Waals surface area (Å²) in [5.41, 5.74) is 3.50. The summed E-state index contributed by atoms with van der Waals surface area (Å²) in [5.74, 6) is 5.91. The third-order valence-corrected chi connectivity index (χ3v) is 2.19. The summed E-state index contributed by atoms with van der Waals surface area (Å²) in [6.45, 7) is 4.88. The largest absolute Gasteiger partial charge is 0.395 e. The minimum atomic E-state index is 0.131. The molecule has 1 aromatic rings. The molecule has 1 aromatic heterocycles. The molecule has 0 fully saturated rings. The van der Waals surface area contributed by atoms with E-state index in [0.29, 0.717) is 18.4 Å². The first kappa shape index (κ1) is 11.7. The molecule has 0 saturated carbocycles. The molecule has 1 heterocycles. The summed E-state index contributed by atoms with van der Waals surface area (Å²) >= 11 is 0. The van der Waals surface area contributed by atoms with Crippen molar-refractivity contribution >= 4 is 11.5 Å². The molecular weight excluding hydrogens is 192 g/mol. The van der Waals surface area contributed by atoms with E-state index in [9.17, 15) is 0 Å². The van der Waals surface area contributed by atoms with Gasteiger partial charge in [0.15, 0.2) is 0 Å². The monoisotopic (exact) mass is 210 g/mol. The molecule has 0 spiro atoms. The van der Waals surface area contributed by atoms with Gasteiger partial charge in [-0.1, -0.05) is 0 Å². The van der Waals surface area contributed by atoms with Crippen molar-refractivity contribution in [2.75, 3.05) is 23.5 Å².